The molecule has 4 nitrogen and oxygen atoms in total. The molecule has 0 saturated heterocycles. The summed E-state index contributed by atoms with van der Waals surface area (Å²) in [5.41, 5.74) is 6.61. The van der Waals surface area contributed by atoms with Crippen LogP contribution in [0.15, 0.2) is 12.1 Å². The first-order chi connectivity index (χ1) is 6.74. The molecule has 0 spiro atoms. The lowest BCUT2D eigenvalue weighted by atomic mass is 9.98. The van der Waals surface area contributed by atoms with E-state index in [9.17, 15) is 5.11 Å². The van der Waals surface area contributed by atoms with Gasteiger partial charge in [0.25, 0.3) is 0 Å². The monoisotopic (exact) mass is 190 g/mol. The van der Waals surface area contributed by atoms with E-state index in [2.05, 4.69) is 0 Å². The minimum absolute atomic E-state index is 0.0443. The van der Waals surface area contributed by atoms with Crippen molar-refractivity contribution in [3.05, 3.63) is 23.3 Å². The summed E-state index contributed by atoms with van der Waals surface area (Å²) in [6.45, 7) is 0.555. The third-order valence-corrected chi connectivity index (χ3v) is 2.35. The van der Waals surface area contributed by atoms with Crippen LogP contribution in [0.4, 0.5) is 0 Å². The summed E-state index contributed by atoms with van der Waals surface area (Å²) in [5.74, 6) is 0.539. The normalized spacial score (nSPS) is 19.3. The van der Waals surface area contributed by atoms with Gasteiger partial charge in [0, 0.05) is 12.5 Å². The molecule has 0 unspecified atom stereocenters. The quantitative estimate of drug-likeness (QED) is 0.640. The molecule has 1 aliphatic rings. The number of fused-ring (bicyclic) bond motifs is 1. The third kappa shape index (κ3) is 1.19. The molecular weight excluding hydrogens is 180 g/mol. The Morgan fingerprint density at radius 3 is 3.07 bits per heavy atom. The lowest BCUT2D eigenvalue weighted by molar-refractivity contribution is 0.264. The molecule has 1 heterocycles. The lowest BCUT2D eigenvalue weighted by Gasteiger charge is -2.23. The van der Waals surface area contributed by atoms with Crippen molar-refractivity contribution in [1.82, 2.24) is 0 Å². The summed E-state index contributed by atoms with van der Waals surface area (Å²) in [6, 6.07) is 4.87. The van der Waals surface area contributed by atoms with Crippen LogP contribution in [-0.4, -0.2) is 11.7 Å². The van der Waals surface area contributed by atoms with Crippen molar-refractivity contribution in [2.45, 2.75) is 12.5 Å². The predicted molar refractivity (Wildman–Crippen MR) is 49.9 cm³/mol. The highest BCUT2D eigenvalue weighted by molar-refractivity contribution is 5.55. The van der Waals surface area contributed by atoms with Gasteiger partial charge in [-0.25, -0.2) is 0 Å². The standard InChI is InChI=1S/C10H10N2O2/c11-5-6-1-2-8-9(10(6)13)7(12)3-4-14-8/h1-2,7,13H,3-4,12H2/t7-/m0/s1. The third-order valence-electron chi connectivity index (χ3n) is 2.35. The van der Waals surface area contributed by atoms with Crippen LogP contribution < -0.4 is 10.5 Å². The maximum absolute atomic E-state index is 9.72. The Hall–Kier alpha value is -1.73. The molecule has 0 fully saturated rings. The fourth-order valence-electron chi connectivity index (χ4n) is 1.60. The fraction of sp³-hybridized carbons (Fsp3) is 0.300. The van der Waals surface area contributed by atoms with Crippen molar-refractivity contribution in [2.24, 2.45) is 5.73 Å². The van der Waals surface area contributed by atoms with Crippen LogP contribution >= 0.6 is 0 Å². The van der Waals surface area contributed by atoms with Gasteiger partial charge < -0.3 is 15.6 Å². The van der Waals surface area contributed by atoms with Crippen LogP contribution in [0.2, 0.25) is 0 Å². The Morgan fingerprint density at radius 2 is 2.36 bits per heavy atom. The van der Waals surface area contributed by atoms with Gasteiger partial charge in [0.05, 0.1) is 17.7 Å². The molecule has 0 aromatic heterocycles. The molecule has 0 amide bonds. The first kappa shape index (κ1) is 8.85. The molecule has 1 aliphatic heterocycles. The Bertz CT molecular complexity index is 409. The van der Waals surface area contributed by atoms with E-state index in [1.807, 2.05) is 6.07 Å². The zero-order chi connectivity index (χ0) is 10.1. The van der Waals surface area contributed by atoms with Crippen LogP contribution in [-0.2, 0) is 0 Å². The molecule has 0 aliphatic carbocycles. The van der Waals surface area contributed by atoms with Crippen molar-refractivity contribution in [2.75, 3.05) is 6.61 Å². The number of hydrogen-bond donors (Lipinski definition) is 2. The Morgan fingerprint density at radius 1 is 1.57 bits per heavy atom. The average molecular weight is 190 g/mol. The molecule has 1 aromatic rings. The van der Waals surface area contributed by atoms with Gasteiger partial charge in [0.1, 0.15) is 17.6 Å². The molecule has 0 bridgehead atoms. The largest absolute Gasteiger partial charge is 0.506 e. The molecule has 72 valence electrons. The van der Waals surface area contributed by atoms with E-state index in [0.29, 0.717) is 24.3 Å². The number of phenolic OH excluding ortho intramolecular Hbond substituents is 1. The highest BCUT2D eigenvalue weighted by Gasteiger charge is 2.23. The van der Waals surface area contributed by atoms with E-state index < -0.39 is 0 Å². The number of nitrogens with zero attached hydrogens (tertiary/aromatic N) is 1. The number of nitriles is 1. The molecule has 0 saturated carbocycles. The van der Waals surface area contributed by atoms with Gasteiger partial charge in [-0.1, -0.05) is 0 Å². The van der Waals surface area contributed by atoms with Crippen LogP contribution in [0.3, 0.4) is 0 Å². The number of rotatable bonds is 0. The van der Waals surface area contributed by atoms with Gasteiger partial charge in [0.15, 0.2) is 0 Å². The van der Waals surface area contributed by atoms with E-state index >= 15 is 0 Å². The van der Waals surface area contributed by atoms with E-state index in [1.54, 1.807) is 6.07 Å². The second kappa shape index (κ2) is 3.20. The highest BCUT2D eigenvalue weighted by atomic mass is 16.5. The number of hydrogen-bond acceptors (Lipinski definition) is 4. The molecule has 1 atom stereocenters. The van der Waals surface area contributed by atoms with E-state index in [4.69, 9.17) is 15.7 Å². The smallest absolute Gasteiger partial charge is 0.141 e. The first-order valence-electron chi connectivity index (χ1n) is 4.38. The molecule has 2 rings (SSSR count). The number of phenols is 1. The summed E-state index contributed by atoms with van der Waals surface area (Å²) >= 11 is 0. The zero-order valence-electron chi connectivity index (χ0n) is 7.53. The topological polar surface area (TPSA) is 79.3 Å². The maximum Gasteiger partial charge on any atom is 0.141 e. The number of ether oxygens (including phenoxy) is 1. The minimum Gasteiger partial charge on any atom is -0.506 e. The van der Waals surface area contributed by atoms with Gasteiger partial charge >= 0.3 is 0 Å². The second-order valence-electron chi connectivity index (χ2n) is 3.23. The predicted octanol–water partition coefficient (Wildman–Crippen LogP) is 1.05. The Kier molecular flexibility index (Phi) is 2.02. The van der Waals surface area contributed by atoms with Gasteiger partial charge in [0.2, 0.25) is 0 Å². The summed E-state index contributed by atoms with van der Waals surface area (Å²) in [5, 5.41) is 18.4. The fourth-order valence-corrected chi connectivity index (χ4v) is 1.60. The zero-order valence-corrected chi connectivity index (χ0v) is 7.53. The summed E-state index contributed by atoms with van der Waals surface area (Å²) in [4.78, 5) is 0. The van der Waals surface area contributed by atoms with Crippen molar-refractivity contribution in [1.29, 1.82) is 5.26 Å². The molecule has 4 heteroatoms. The summed E-state index contributed by atoms with van der Waals surface area (Å²) in [7, 11) is 0. The minimum atomic E-state index is -0.243. The molecular formula is C10H10N2O2. The lowest BCUT2D eigenvalue weighted by Crippen LogP contribution is -2.20. The van der Waals surface area contributed by atoms with Crippen LogP contribution in [0, 0.1) is 11.3 Å². The van der Waals surface area contributed by atoms with E-state index in [-0.39, 0.29) is 17.4 Å². The van der Waals surface area contributed by atoms with E-state index in [1.165, 1.54) is 6.07 Å². The first-order valence-corrected chi connectivity index (χ1v) is 4.38. The summed E-state index contributed by atoms with van der Waals surface area (Å²) in [6.07, 6.45) is 0.662. The number of aromatic hydroxyl groups is 1. The molecule has 14 heavy (non-hydrogen) atoms. The maximum atomic E-state index is 9.72. The molecule has 0 radical (unpaired) electrons. The van der Waals surface area contributed by atoms with Crippen molar-refractivity contribution in [3.63, 3.8) is 0 Å². The van der Waals surface area contributed by atoms with Gasteiger partial charge in [-0.05, 0) is 12.1 Å². The highest BCUT2D eigenvalue weighted by Crippen LogP contribution is 2.38. The van der Waals surface area contributed by atoms with Crippen LogP contribution in [0.1, 0.15) is 23.6 Å². The number of nitrogens with two attached hydrogens (primary N) is 1. The van der Waals surface area contributed by atoms with Gasteiger partial charge in [-0.2, -0.15) is 5.26 Å². The SMILES string of the molecule is N#Cc1ccc2c(c1O)[C@@H](N)CCO2. The molecule has 1 aromatic carbocycles. The van der Waals surface area contributed by atoms with Gasteiger partial charge in [-0.3, -0.25) is 0 Å². The Balaban J connectivity index is 2.61. The van der Waals surface area contributed by atoms with Crippen molar-refractivity contribution < 1.29 is 9.84 Å². The van der Waals surface area contributed by atoms with Crippen molar-refractivity contribution in [3.8, 4) is 17.6 Å². The second-order valence-corrected chi connectivity index (χ2v) is 3.23. The molecule has 3 N–H and O–H groups in total. The summed E-state index contributed by atoms with van der Waals surface area (Å²) < 4.78 is 5.32. The van der Waals surface area contributed by atoms with Crippen molar-refractivity contribution >= 4 is 0 Å². The average Bonchev–Trinajstić information content (AvgIpc) is 2.18. The van der Waals surface area contributed by atoms with Crippen LogP contribution in [0.5, 0.6) is 11.5 Å². The van der Waals surface area contributed by atoms with Gasteiger partial charge in [-0.15, -0.1) is 0 Å². The Labute approximate surface area is 81.5 Å². The van der Waals surface area contributed by atoms with Crippen LogP contribution in [0.25, 0.3) is 0 Å². The van der Waals surface area contributed by atoms with E-state index in [0.717, 1.165) is 0 Å². The number of benzene rings is 1.